The maximum Gasteiger partial charge on any atom is 0.338 e. The molecular formula is C24H25BrO3S. The van der Waals surface area contributed by atoms with Gasteiger partial charge in [-0.2, -0.15) is 0 Å². The van der Waals surface area contributed by atoms with Crippen molar-refractivity contribution in [2.24, 2.45) is 0 Å². The average molecular weight is 473 g/mol. The Labute approximate surface area is 181 Å². The van der Waals surface area contributed by atoms with Crippen molar-refractivity contribution in [1.82, 2.24) is 0 Å². The maximum atomic E-state index is 12.5. The van der Waals surface area contributed by atoms with Gasteiger partial charge in [0.15, 0.2) is 0 Å². The van der Waals surface area contributed by atoms with Crippen LogP contribution in [-0.4, -0.2) is 20.2 Å². The molecule has 3 aromatic carbocycles. The molecule has 3 rings (SSSR count). The number of benzene rings is 3. The van der Waals surface area contributed by atoms with E-state index >= 15 is 0 Å². The van der Waals surface area contributed by atoms with Gasteiger partial charge in [-0.25, -0.2) is 4.79 Å². The molecule has 0 bridgehead atoms. The summed E-state index contributed by atoms with van der Waals surface area (Å²) in [6.07, 6.45) is 0. The minimum atomic E-state index is -1.87. The third-order valence-corrected chi connectivity index (χ3v) is 10.9. The second-order valence-corrected chi connectivity index (χ2v) is 12.3. The highest BCUT2D eigenvalue weighted by Gasteiger charge is 2.32. The molecular weight excluding hydrogens is 448 g/mol. The molecule has 3 aromatic rings. The molecule has 0 amide bonds. The van der Waals surface area contributed by atoms with Crippen molar-refractivity contribution in [1.29, 1.82) is 0 Å². The number of hydrogen-bond donors (Lipinski definition) is 0. The minimum absolute atomic E-state index is 0.343. The Morgan fingerprint density at radius 1 is 0.862 bits per heavy atom. The van der Waals surface area contributed by atoms with Crippen molar-refractivity contribution in [3.63, 3.8) is 0 Å². The molecule has 0 aromatic heterocycles. The van der Waals surface area contributed by atoms with Gasteiger partial charge in [-0.1, -0.05) is 38.1 Å². The molecule has 5 heteroatoms. The number of methoxy groups -OCH3 is 2. The predicted octanol–water partition coefficient (Wildman–Crippen LogP) is 7.20. The topological polar surface area (TPSA) is 35.5 Å². The van der Waals surface area contributed by atoms with Crippen molar-refractivity contribution in [3.8, 4) is 5.75 Å². The SMILES string of the molecule is COC(=O)c1ccccc1S(Br)(c1ccc(OC)cc1)c1ccc(C(C)C)cc1. The van der Waals surface area contributed by atoms with Crippen molar-refractivity contribution >= 4 is 29.2 Å². The largest absolute Gasteiger partial charge is 0.497 e. The van der Waals surface area contributed by atoms with E-state index in [4.69, 9.17) is 9.47 Å². The Hall–Kier alpha value is -2.24. The number of hydrogen-bond acceptors (Lipinski definition) is 3. The fourth-order valence-corrected chi connectivity index (χ4v) is 7.85. The molecule has 1 atom stereocenters. The molecule has 0 aliphatic carbocycles. The molecule has 0 spiro atoms. The molecule has 0 N–H and O–H groups in total. The summed E-state index contributed by atoms with van der Waals surface area (Å²) in [4.78, 5) is 15.6. The number of rotatable bonds is 6. The van der Waals surface area contributed by atoms with E-state index in [1.54, 1.807) is 7.11 Å². The zero-order valence-corrected chi connectivity index (χ0v) is 19.4. The molecule has 0 radical (unpaired) electrons. The minimum Gasteiger partial charge on any atom is -0.497 e. The number of ether oxygens (including phenoxy) is 2. The van der Waals surface area contributed by atoms with Gasteiger partial charge in [-0.15, -0.1) is 8.46 Å². The third kappa shape index (κ3) is 4.21. The van der Waals surface area contributed by atoms with E-state index in [1.807, 2.05) is 48.5 Å². The number of halogens is 1. The average Bonchev–Trinajstić information content (AvgIpc) is 2.78. The first-order valence-electron chi connectivity index (χ1n) is 9.36. The van der Waals surface area contributed by atoms with Gasteiger partial charge in [0, 0.05) is 14.7 Å². The van der Waals surface area contributed by atoms with Gasteiger partial charge in [-0.3, -0.25) is 0 Å². The maximum absolute atomic E-state index is 12.5. The van der Waals surface area contributed by atoms with Crippen LogP contribution in [0.3, 0.4) is 0 Å². The summed E-state index contributed by atoms with van der Waals surface area (Å²) < 4.78 is 10.4. The van der Waals surface area contributed by atoms with Crippen molar-refractivity contribution in [2.45, 2.75) is 34.5 Å². The lowest BCUT2D eigenvalue weighted by atomic mass is 10.0. The van der Waals surface area contributed by atoms with E-state index in [0.29, 0.717) is 11.5 Å². The molecule has 0 saturated carbocycles. The molecule has 0 saturated heterocycles. The highest BCUT2D eigenvalue weighted by atomic mass is 79.9. The quantitative estimate of drug-likeness (QED) is 0.355. The summed E-state index contributed by atoms with van der Waals surface area (Å²) in [5.74, 6) is 0.899. The summed E-state index contributed by atoms with van der Waals surface area (Å²) in [7, 11) is 1.19. The van der Waals surface area contributed by atoms with Crippen LogP contribution in [0.5, 0.6) is 5.75 Å². The zero-order valence-electron chi connectivity index (χ0n) is 17.0. The fourth-order valence-electron chi connectivity index (χ4n) is 3.18. The molecule has 29 heavy (non-hydrogen) atoms. The first-order chi connectivity index (χ1) is 13.9. The van der Waals surface area contributed by atoms with E-state index in [-0.39, 0.29) is 5.97 Å². The lowest BCUT2D eigenvalue weighted by Crippen LogP contribution is -2.07. The van der Waals surface area contributed by atoms with Crippen LogP contribution in [0.1, 0.15) is 35.7 Å². The smallest absolute Gasteiger partial charge is 0.338 e. The predicted molar refractivity (Wildman–Crippen MR) is 123 cm³/mol. The second kappa shape index (κ2) is 9.06. The van der Waals surface area contributed by atoms with Gasteiger partial charge >= 0.3 is 5.97 Å². The molecule has 0 aliphatic heterocycles. The summed E-state index contributed by atoms with van der Waals surface area (Å²) in [5, 5.41) is 0. The number of esters is 1. The Balaban J connectivity index is 2.26. The Bertz CT molecular complexity index is 984. The van der Waals surface area contributed by atoms with Gasteiger partial charge in [-0.05, 0) is 74.8 Å². The van der Waals surface area contributed by atoms with Crippen LogP contribution in [0.2, 0.25) is 0 Å². The second-order valence-electron chi connectivity index (χ2n) is 6.92. The van der Waals surface area contributed by atoms with Crippen molar-refractivity contribution < 1.29 is 14.3 Å². The van der Waals surface area contributed by atoms with E-state index in [2.05, 4.69) is 52.9 Å². The molecule has 0 heterocycles. The first-order valence-corrected chi connectivity index (χ1v) is 12.8. The van der Waals surface area contributed by atoms with Crippen LogP contribution < -0.4 is 4.74 Å². The molecule has 152 valence electrons. The Kier molecular flexibility index (Phi) is 6.70. The summed E-state index contributed by atoms with van der Waals surface area (Å²) in [5.41, 5.74) is 1.84. The van der Waals surface area contributed by atoms with Gasteiger partial charge in [0.2, 0.25) is 0 Å². The normalized spacial score (nSPS) is 14.1. The summed E-state index contributed by atoms with van der Waals surface area (Å²) in [6.45, 7) is 4.36. The highest BCUT2D eigenvalue weighted by molar-refractivity contribution is 9.58. The van der Waals surface area contributed by atoms with Crippen LogP contribution in [-0.2, 0) is 4.74 Å². The van der Waals surface area contributed by atoms with Crippen molar-refractivity contribution in [3.05, 3.63) is 83.9 Å². The molecule has 3 nitrogen and oxygen atoms in total. The lowest BCUT2D eigenvalue weighted by molar-refractivity contribution is 0.0596. The third-order valence-electron chi connectivity index (χ3n) is 4.85. The Morgan fingerprint density at radius 3 is 1.93 bits per heavy atom. The Morgan fingerprint density at radius 2 is 1.41 bits per heavy atom. The van der Waals surface area contributed by atoms with Gasteiger partial charge < -0.3 is 9.47 Å². The van der Waals surface area contributed by atoms with E-state index < -0.39 is 8.46 Å². The first kappa shape index (κ1) is 21.5. The van der Waals surface area contributed by atoms with Crippen LogP contribution in [0, 0.1) is 0 Å². The highest BCUT2D eigenvalue weighted by Crippen LogP contribution is 2.74. The van der Waals surface area contributed by atoms with E-state index in [0.717, 1.165) is 20.4 Å². The standard InChI is InChI=1S/C24H25BrO3S/c1-17(2)18-9-13-20(14-10-18)29(25,21-15-11-19(27-3)12-16-21)23-8-6-5-7-22(23)24(26)28-4/h5-17H,1-4H3. The van der Waals surface area contributed by atoms with Crippen molar-refractivity contribution in [2.75, 3.05) is 14.2 Å². The van der Waals surface area contributed by atoms with Crippen LogP contribution in [0.4, 0.5) is 0 Å². The summed E-state index contributed by atoms with van der Waals surface area (Å²) >= 11 is 4.10. The van der Waals surface area contributed by atoms with Crippen LogP contribution >= 0.6 is 23.3 Å². The van der Waals surface area contributed by atoms with Crippen LogP contribution in [0.25, 0.3) is 0 Å². The van der Waals surface area contributed by atoms with Gasteiger partial charge in [0.1, 0.15) is 5.75 Å². The number of carbonyl (C=O) groups excluding carboxylic acids is 1. The van der Waals surface area contributed by atoms with Gasteiger partial charge in [0.05, 0.1) is 19.8 Å². The number of carbonyl (C=O) groups is 1. The van der Waals surface area contributed by atoms with Gasteiger partial charge in [0.25, 0.3) is 0 Å². The monoisotopic (exact) mass is 472 g/mol. The van der Waals surface area contributed by atoms with E-state index in [9.17, 15) is 4.79 Å². The van der Waals surface area contributed by atoms with Crippen LogP contribution in [0.15, 0.2) is 87.5 Å². The fraction of sp³-hybridized carbons (Fsp3) is 0.208. The molecule has 0 aliphatic rings. The summed E-state index contributed by atoms with van der Waals surface area (Å²) in [6, 6.07) is 24.2. The molecule has 0 fully saturated rings. The molecule has 1 unspecified atom stereocenters. The van der Waals surface area contributed by atoms with E-state index in [1.165, 1.54) is 12.7 Å². The lowest BCUT2D eigenvalue weighted by Gasteiger charge is -2.36. The zero-order chi connectivity index (χ0) is 21.0.